The molecule has 0 aliphatic heterocycles. The molecule has 96 valence electrons. The third kappa shape index (κ3) is 3.51. The van der Waals surface area contributed by atoms with Crippen molar-refractivity contribution in [1.82, 2.24) is 20.2 Å². The van der Waals surface area contributed by atoms with Crippen molar-refractivity contribution in [3.63, 3.8) is 0 Å². The van der Waals surface area contributed by atoms with Crippen molar-refractivity contribution in [1.29, 1.82) is 0 Å². The van der Waals surface area contributed by atoms with Gasteiger partial charge in [0.2, 0.25) is 0 Å². The molecule has 1 heterocycles. The van der Waals surface area contributed by atoms with Crippen LogP contribution >= 0.6 is 0 Å². The normalized spacial score (nSPS) is 15.6. The molecule has 1 aromatic rings. The Kier molecular flexibility index (Phi) is 3.85. The molecule has 6 heteroatoms. The Bertz CT molecular complexity index is 394. The number of aliphatic carboxylic acids is 1. The number of aromatic nitrogens is 4. The van der Waals surface area contributed by atoms with E-state index < -0.39 is 11.9 Å². The number of carboxylic acid groups (broad SMARTS) is 1. The lowest BCUT2D eigenvalue weighted by Crippen LogP contribution is -2.25. The van der Waals surface area contributed by atoms with Crippen LogP contribution in [0, 0.1) is 11.3 Å². The van der Waals surface area contributed by atoms with Crippen molar-refractivity contribution in [3.8, 4) is 0 Å². The van der Waals surface area contributed by atoms with Gasteiger partial charge in [0.1, 0.15) is 0 Å². The molecule has 0 amide bonds. The minimum Gasteiger partial charge on any atom is -0.481 e. The SMILES string of the molecule is CC(C(=O)O)C(C)n1nnnc1CC(C)(C)C. The topological polar surface area (TPSA) is 80.9 Å². The Morgan fingerprint density at radius 2 is 2.00 bits per heavy atom. The van der Waals surface area contributed by atoms with Gasteiger partial charge in [-0.25, -0.2) is 4.68 Å². The average molecular weight is 240 g/mol. The summed E-state index contributed by atoms with van der Waals surface area (Å²) in [5.74, 6) is -0.620. The number of nitrogens with zero attached hydrogens (tertiary/aromatic N) is 4. The highest BCUT2D eigenvalue weighted by Crippen LogP contribution is 2.23. The predicted molar refractivity (Wildman–Crippen MR) is 62.5 cm³/mol. The van der Waals surface area contributed by atoms with Gasteiger partial charge in [-0.3, -0.25) is 4.79 Å². The van der Waals surface area contributed by atoms with Crippen molar-refractivity contribution in [2.45, 2.75) is 47.1 Å². The number of hydrogen-bond donors (Lipinski definition) is 1. The van der Waals surface area contributed by atoms with Gasteiger partial charge in [0.05, 0.1) is 12.0 Å². The second-order valence-electron chi connectivity index (χ2n) is 5.64. The van der Waals surface area contributed by atoms with E-state index in [4.69, 9.17) is 5.11 Å². The summed E-state index contributed by atoms with van der Waals surface area (Å²) in [5.41, 5.74) is 0.0681. The summed E-state index contributed by atoms with van der Waals surface area (Å²) in [5, 5.41) is 20.5. The van der Waals surface area contributed by atoms with E-state index in [1.165, 1.54) is 0 Å². The first-order valence-corrected chi connectivity index (χ1v) is 5.72. The summed E-state index contributed by atoms with van der Waals surface area (Å²) < 4.78 is 1.62. The zero-order chi connectivity index (χ0) is 13.2. The van der Waals surface area contributed by atoms with Crippen molar-refractivity contribution < 1.29 is 9.90 Å². The van der Waals surface area contributed by atoms with Crippen molar-refractivity contribution in [2.24, 2.45) is 11.3 Å². The number of rotatable bonds is 4. The number of carbonyl (C=O) groups is 1. The summed E-state index contributed by atoms with van der Waals surface area (Å²) in [4.78, 5) is 11.0. The van der Waals surface area contributed by atoms with E-state index in [2.05, 4.69) is 36.3 Å². The van der Waals surface area contributed by atoms with E-state index in [9.17, 15) is 4.79 Å². The van der Waals surface area contributed by atoms with Gasteiger partial charge >= 0.3 is 5.97 Å². The van der Waals surface area contributed by atoms with E-state index in [0.29, 0.717) is 0 Å². The summed E-state index contributed by atoms with van der Waals surface area (Å²) in [6.07, 6.45) is 0.719. The highest BCUT2D eigenvalue weighted by atomic mass is 16.4. The van der Waals surface area contributed by atoms with Crippen LogP contribution in [0.3, 0.4) is 0 Å². The second-order valence-corrected chi connectivity index (χ2v) is 5.64. The van der Waals surface area contributed by atoms with Crippen molar-refractivity contribution >= 4 is 5.97 Å². The van der Waals surface area contributed by atoms with E-state index in [1.807, 2.05) is 6.92 Å². The molecule has 0 aliphatic rings. The lowest BCUT2D eigenvalue weighted by Gasteiger charge is -2.21. The van der Waals surface area contributed by atoms with Crippen LogP contribution in [0.4, 0.5) is 0 Å². The second kappa shape index (κ2) is 4.81. The minimum atomic E-state index is -0.838. The van der Waals surface area contributed by atoms with Gasteiger partial charge in [0.25, 0.3) is 0 Å². The largest absolute Gasteiger partial charge is 0.481 e. The predicted octanol–water partition coefficient (Wildman–Crippen LogP) is 1.54. The first-order valence-electron chi connectivity index (χ1n) is 5.72. The van der Waals surface area contributed by atoms with Crippen molar-refractivity contribution in [3.05, 3.63) is 5.82 Å². The standard InChI is InChI=1S/C11H20N4O2/c1-7(10(16)17)8(2)15-9(12-13-14-15)6-11(3,4)5/h7-8H,6H2,1-5H3,(H,16,17). The van der Waals surface area contributed by atoms with Crippen LogP contribution < -0.4 is 0 Å². The van der Waals surface area contributed by atoms with Gasteiger partial charge in [-0.1, -0.05) is 20.8 Å². The highest BCUT2D eigenvalue weighted by molar-refractivity contribution is 5.70. The molecule has 1 rings (SSSR count). The third-order valence-electron chi connectivity index (χ3n) is 2.75. The minimum absolute atomic E-state index is 0.0681. The van der Waals surface area contributed by atoms with Crippen LogP contribution in [0.25, 0.3) is 0 Å². The molecular formula is C11H20N4O2. The Morgan fingerprint density at radius 1 is 1.41 bits per heavy atom. The lowest BCUT2D eigenvalue weighted by atomic mass is 9.91. The zero-order valence-corrected chi connectivity index (χ0v) is 11.0. The monoisotopic (exact) mass is 240 g/mol. The van der Waals surface area contributed by atoms with E-state index in [1.54, 1.807) is 11.6 Å². The molecule has 0 aromatic carbocycles. The maximum Gasteiger partial charge on any atom is 0.308 e. The molecule has 0 aliphatic carbocycles. The lowest BCUT2D eigenvalue weighted by molar-refractivity contribution is -0.142. The van der Waals surface area contributed by atoms with Gasteiger partial charge in [-0.05, 0) is 29.7 Å². The summed E-state index contributed by atoms with van der Waals surface area (Å²) in [6.45, 7) is 9.77. The van der Waals surface area contributed by atoms with E-state index in [-0.39, 0.29) is 11.5 Å². The van der Waals surface area contributed by atoms with Gasteiger partial charge in [0, 0.05) is 6.42 Å². The smallest absolute Gasteiger partial charge is 0.308 e. The van der Waals surface area contributed by atoms with Crippen LogP contribution in [0.15, 0.2) is 0 Å². The van der Waals surface area contributed by atoms with Crippen LogP contribution in [0.1, 0.15) is 46.5 Å². The van der Waals surface area contributed by atoms with E-state index >= 15 is 0 Å². The molecule has 1 aromatic heterocycles. The van der Waals surface area contributed by atoms with Crippen molar-refractivity contribution in [2.75, 3.05) is 0 Å². The molecule has 0 fully saturated rings. The Balaban J connectivity index is 2.92. The quantitative estimate of drug-likeness (QED) is 0.863. The first-order chi connectivity index (χ1) is 7.72. The Morgan fingerprint density at radius 3 is 2.47 bits per heavy atom. The Hall–Kier alpha value is -1.46. The Labute approximate surface area is 101 Å². The molecular weight excluding hydrogens is 220 g/mol. The van der Waals surface area contributed by atoms with Gasteiger partial charge in [-0.2, -0.15) is 0 Å². The summed E-state index contributed by atoms with van der Waals surface area (Å²) in [7, 11) is 0. The molecule has 17 heavy (non-hydrogen) atoms. The fraction of sp³-hybridized carbons (Fsp3) is 0.818. The number of tetrazole rings is 1. The van der Waals surface area contributed by atoms with Gasteiger partial charge in [-0.15, -0.1) is 5.10 Å². The molecule has 2 unspecified atom stereocenters. The van der Waals surface area contributed by atoms with Crippen LogP contribution in [0.5, 0.6) is 0 Å². The summed E-state index contributed by atoms with van der Waals surface area (Å²) >= 11 is 0. The molecule has 0 radical (unpaired) electrons. The van der Waals surface area contributed by atoms with E-state index in [0.717, 1.165) is 12.2 Å². The van der Waals surface area contributed by atoms with Gasteiger partial charge in [0.15, 0.2) is 5.82 Å². The maximum atomic E-state index is 11.0. The summed E-state index contributed by atoms with van der Waals surface area (Å²) in [6, 6.07) is -0.250. The first kappa shape index (κ1) is 13.6. The molecule has 0 saturated heterocycles. The molecule has 1 N–H and O–H groups in total. The van der Waals surface area contributed by atoms with Gasteiger partial charge < -0.3 is 5.11 Å². The maximum absolute atomic E-state index is 11.0. The molecule has 2 atom stereocenters. The molecule has 0 bridgehead atoms. The van der Waals surface area contributed by atoms with Crippen LogP contribution in [0.2, 0.25) is 0 Å². The fourth-order valence-electron chi connectivity index (χ4n) is 1.54. The number of carboxylic acids is 1. The van der Waals surface area contributed by atoms with Crippen LogP contribution in [-0.4, -0.2) is 31.3 Å². The molecule has 6 nitrogen and oxygen atoms in total. The molecule has 0 spiro atoms. The molecule has 0 saturated carbocycles. The average Bonchev–Trinajstić information content (AvgIpc) is 2.60. The fourth-order valence-corrected chi connectivity index (χ4v) is 1.54. The van der Waals surface area contributed by atoms with Crippen LogP contribution in [-0.2, 0) is 11.2 Å². The highest BCUT2D eigenvalue weighted by Gasteiger charge is 2.26. The zero-order valence-electron chi connectivity index (χ0n) is 11.0. The number of hydrogen-bond acceptors (Lipinski definition) is 4. The third-order valence-corrected chi connectivity index (χ3v) is 2.75.